The maximum absolute atomic E-state index is 4.80. The predicted octanol–water partition coefficient (Wildman–Crippen LogP) is 3.30. The highest BCUT2D eigenvalue weighted by molar-refractivity contribution is 5.84. The maximum Gasteiger partial charge on any atom is 0.178 e. The Morgan fingerprint density at radius 3 is 2.81 bits per heavy atom. The molecule has 8 heteroatoms. The Kier molecular flexibility index (Phi) is 4.24. The summed E-state index contributed by atoms with van der Waals surface area (Å²) >= 11 is 0. The van der Waals surface area contributed by atoms with Gasteiger partial charge in [-0.1, -0.05) is 12.1 Å². The van der Waals surface area contributed by atoms with Crippen LogP contribution in [0, 0.1) is 6.92 Å². The third-order valence-electron chi connectivity index (χ3n) is 5.97. The van der Waals surface area contributed by atoms with Gasteiger partial charge < -0.3 is 9.88 Å². The number of benzene rings is 1. The number of fused-ring (bicyclic) bond motifs is 2. The molecule has 6 rings (SSSR count). The van der Waals surface area contributed by atoms with Crippen molar-refractivity contribution in [3.05, 3.63) is 66.6 Å². The minimum atomic E-state index is 0.490. The molecule has 0 unspecified atom stereocenters. The molecule has 1 aromatic carbocycles. The van der Waals surface area contributed by atoms with Crippen LogP contribution in [0.3, 0.4) is 0 Å². The summed E-state index contributed by atoms with van der Waals surface area (Å²) in [5.74, 6) is 0.490. The van der Waals surface area contributed by atoms with Crippen LogP contribution in [-0.2, 0) is 0 Å². The highest BCUT2D eigenvalue weighted by Crippen LogP contribution is 2.28. The van der Waals surface area contributed by atoms with Crippen LogP contribution in [0.15, 0.2) is 55.2 Å². The number of aromatic nitrogens is 7. The highest BCUT2D eigenvalue weighted by Gasteiger charge is 2.18. The van der Waals surface area contributed by atoms with Crippen molar-refractivity contribution in [1.29, 1.82) is 0 Å². The zero-order valence-corrected chi connectivity index (χ0v) is 17.2. The lowest BCUT2D eigenvalue weighted by Crippen LogP contribution is -2.27. The first kappa shape index (κ1) is 18.1. The van der Waals surface area contributed by atoms with Gasteiger partial charge in [0, 0.05) is 29.3 Å². The van der Waals surface area contributed by atoms with E-state index in [1.807, 2.05) is 34.5 Å². The first-order valence-corrected chi connectivity index (χ1v) is 10.6. The van der Waals surface area contributed by atoms with E-state index in [4.69, 9.17) is 5.10 Å². The van der Waals surface area contributed by atoms with E-state index in [1.54, 1.807) is 12.5 Å². The first-order chi connectivity index (χ1) is 15.2. The predicted molar refractivity (Wildman–Crippen MR) is 118 cm³/mol. The van der Waals surface area contributed by atoms with Crippen molar-refractivity contribution in [3.63, 3.8) is 0 Å². The van der Waals surface area contributed by atoms with Gasteiger partial charge in [-0.15, -0.1) is 0 Å². The molecule has 31 heavy (non-hydrogen) atoms. The second kappa shape index (κ2) is 7.24. The van der Waals surface area contributed by atoms with Gasteiger partial charge in [0.25, 0.3) is 0 Å². The summed E-state index contributed by atoms with van der Waals surface area (Å²) < 4.78 is 3.79. The molecule has 5 heterocycles. The molecule has 0 saturated carbocycles. The molecule has 1 fully saturated rings. The van der Waals surface area contributed by atoms with Gasteiger partial charge in [-0.25, -0.2) is 14.5 Å². The molecule has 0 amide bonds. The monoisotopic (exact) mass is 410 g/mol. The smallest absolute Gasteiger partial charge is 0.178 e. The molecule has 154 valence electrons. The van der Waals surface area contributed by atoms with Crippen LogP contribution >= 0.6 is 0 Å². The topological polar surface area (TPSA) is 85.8 Å². The Hall–Kier alpha value is -3.65. The number of imidazole rings is 2. The number of nitrogens with zero attached hydrogens (tertiary/aromatic N) is 7. The summed E-state index contributed by atoms with van der Waals surface area (Å²) in [6, 6.07) is 10.5. The van der Waals surface area contributed by atoms with Crippen molar-refractivity contribution in [2.75, 3.05) is 13.1 Å². The van der Waals surface area contributed by atoms with Crippen molar-refractivity contribution in [2.45, 2.75) is 25.7 Å². The Morgan fingerprint density at radius 2 is 1.97 bits per heavy atom. The fraction of sp³-hybridized carbons (Fsp3) is 0.261. The van der Waals surface area contributed by atoms with E-state index in [0.717, 1.165) is 70.8 Å². The quantitative estimate of drug-likeness (QED) is 0.491. The zero-order valence-electron chi connectivity index (χ0n) is 17.2. The summed E-state index contributed by atoms with van der Waals surface area (Å²) in [5.41, 5.74) is 6.46. The second-order valence-electron chi connectivity index (χ2n) is 8.10. The summed E-state index contributed by atoms with van der Waals surface area (Å²) in [6.07, 6.45) is 9.62. The van der Waals surface area contributed by atoms with Crippen LogP contribution in [0.1, 0.15) is 30.1 Å². The number of hydrogen-bond acceptors (Lipinski definition) is 6. The Morgan fingerprint density at radius 1 is 1.06 bits per heavy atom. The molecule has 0 aliphatic carbocycles. The maximum atomic E-state index is 4.80. The van der Waals surface area contributed by atoms with Crippen molar-refractivity contribution in [1.82, 2.24) is 39.7 Å². The van der Waals surface area contributed by atoms with Crippen molar-refractivity contribution in [2.24, 2.45) is 0 Å². The summed E-state index contributed by atoms with van der Waals surface area (Å²) in [5, 5.41) is 18.4. The van der Waals surface area contributed by atoms with Gasteiger partial charge in [0.1, 0.15) is 0 Å². The molecule has 1 aliphatic rings. The third-order valence-corrected chi connectivity index (χ3v) is 5.97. The van der Waals surface area contributed by atoms with Crippen molar-refractivity contribution < 1.29 is 0 Å². The Balaban J connectivity index is 1.44. The molecule has 4 aromatic heterocycles. The molecular formula is C23H22N8. The van der Waals surface area contributed by atoms with Crippen LogP contribution < -0.4 is 5.32 Å². The van der Waals surface area contributed by atoms with E-state index < -0.39 is 0 Å². The van der Waals surface area contributed by atoms with Gasteiger partial charge in [-0.05, 0) is 51.1 Å². The van der Waals surface area contributed by atoms with Gasteiger partial charge >= 0.3 is 0 Å². The van der Waals surface area contributed by atoms with Gasteiger partial charge in [0.15, 0.2) is 5.65 Å². The first-order valence-electron chi connectivity index (χ1n) is 10.6. The lowest BCUT2D eigenvalue weighted by molar-refractivity contribution is 0.451. The van der Waals surface area contributed by atoms with E-state index in [1.165, 1.54) is 0 Å². The molecule has 1 saturated heterocycles. The fourth-order valence-corrected chi connectivity index (χ4v) is 4.34. The highest BCUT2D eigenvalue weighted by atomic mass is 15.3. The summed E-state index contributed by atoms with van der Waals surface area (Å²) in [6.45, 7) is 4.06. The minimum absolute atomic E-state index is 0.490. The molecule has 0 atom stereocenters. The van der Waals surface area contributed by atoms with E-state index in [9.17, 15) is 0 Å². The van der Waals surface area contributed by atoms with Crippen LogP contribution in [0.5, 0.6) is 0 Å². The van der Waals surface area contributed by atoms with Crippen LogP contribution in [0.25, 0.3) is 33.5 Å². The average molecular weight is 410 g/mol. The fourth-order valence-electron chi connectivity index (χ4n) is 4.34. The lowest BCUT2D eigenvalue weighted by atomic mass is 9.93. The number of rotatable bonds is 3. The van der Waals surface area contributed by atoms with Crippen LogP contribution in [-0.4, -0.2) is 47.4 Å². The molecule has 1 N–H and O–H groups in total. The molecule has 0 spiro atoms. The molecule has 0 bridgehead atoms. The van der Waals surface area contributed by atoms with Crippen LogP contribution in [0.2, 0.25) is 0 Å². The van der Waals surface area contributed by atoms with Crippen molar-refractivity contribution >= 4 is 16.6 Å². The largest absolute Gasteiger partial charge is 0.317 e. The average Bonchev–Trinajstić information content (AvgIpc) is 3.47. The number of piperidine rings is 1. The minimum Gasteiger partial charge on any atom is -0.317 e. The lowest BCUT2D eigenvalue weighted by Gasteiger charge is -2.21. The van der Waals surface area contributed by atoms with E-state index >= 15 is 0 Å². The zero-order chi connectivity index (χ0) is 20.8. The number of hydrogen-bond donors (Lipinski definition) is 1. The Labute approximate surface area is 179 Å². The van der Waals surface area contributed by atoms with Crippen molar-refractivity contribution in [3.8, 4) is 16.9 Å². The summed E-state index contributed by atoms with van der Waals surface area (Å²) in [4.78, 5) is 8.82. The van der Waals surface area contributed by atoms with Gasteiger partial charge in [-0.2, -0.15) is 15.3 Å². The molecule has 8 nitrogen and oxygen atoms in total. The SMILES string of the molecule is Cc1cn2nc(-c3ccc4cc(C5CCNCC5)nnc4c3)cc(-n3ccnc3)c2n1. The second-order valence-corrected chi connectivity index (χ2v) is 8.10. The number of nitrogens with one attached hydrogen (secondary N) is 1. The van der Waals surface area contributed by atoms with Crippen LogP contribution in [0.4, 0.5) is 0 Å². The molecule has 0 radical (unpaired) electrons. The van der Waals surface area contributed by atoms with Gasteiger partial charge in [0.05, 0.1) is 40.8 Å². The van der Waals surface area contributed by atoms with Gasteiger partial charge in [-0.3, -0.25) is 0 Å². The number of aryl methyl sites for hydroxylation is 1. The molecule has 5 aromatic rings. The Bertz CT molecular complexity index is 1380. The summed E-state index contributed by atoms with van der Waals surface area (Å²) in [7, 11) is 0. The molecular weight excluding hydrogens is 388 g/mol. The van der Waals surface area contributed by atoms with E-state index in [0.29, 0.717) is 5.92 Å². The normalized spacial score (nSPS) is 15.1. The third kappa shape index (κ3) is 3.25. The van der Waals surface area contributed by atoms with E-state index in [2.05, 4.69) is 49.7 Å². The standard InChI is InChI=1S/C23H22N8/c1-15-13-31-23(26-15)22(30-9-8-25-14-30)12-21(29-31)18-3-2-17-10-19(27-28-20(17)11-18)16-4-6-24-7-5-16/h2-3,8-14,16,24H,4-7H2,1H3. The molecule has 1 aliphatic heterocycles. The van der Waals surface area contributed by atoms with Gasteiger partial charge in [0.2, 0.25) is 0 Å². The van der Waals surface area contributed by atoms with E-state index in [-0.39, 0.29) is 0 Å².